The maximum absolute atomic E-state index is 13.2. The fraction of sp³-hybridized carbons (Fsp3) is 0.143. The lowest BCUT2D eigenvalue weighted by Gasteiger charge is -2.16. The van der Waals surface area contributed by atoms with E-state index in [1.54, 1.807) is 42.5 Å². The Labute approximate surface area is 168 Å². The van der Waals surface area contributed by atoms with E-state index in [2.05, 4.69) is 20.0 Å². The molecule has 1 aromatic heterocycles. The van der Waals surface area contributed by atoms with Gasteiger partial charge in [-0.1, -0.05) is 31.2 Å². The second-order valence-electron chi connectivity index (χ2n) is 6.83. The molecule has 0 radical (unpaired) electrons. The lowest BCUT2D eigenvalue weighted by Crippen LogP contribution is -2.18. The molecule has 0 saturated carbocycles. The molecule has 0 aliphatic heterocycles. The van der Waals surface area contributed by atoms with Crippen LogP contribution >= 0.6 is 0 Å². The summed E-state index contributed by atoms with van der Waals surface area (Å²) in [5.74, 6) is 0.0603. The number of aromatic nitrogens is 2. The summed E-state index contributed by atoms with van der Waals surface area (Å²) >= 11 is 0. The number of nitrogens with one attached hydrogen (secondary N) is 2. The lowest BCUT2D eigenvalue weighted by atomic mass is 10.0. The smallest absolute Gasteiger partial charge is 0.262 e. The molecule has 0 fully saturated rings. The van der Waals surface area contributed by atoms with Gasteiger partial charge in [0.25, 0.3) is 10.0 Å². The van der Waals surface area contributed by atoms with Crippen LogP contribution in [0, 0.1) is 11.7 Å². The highest BCUT2D eigenvalue weighted by molar-refractivity contribution is 7.96. The molecule has 6 nitrogen and oxygen atoms in total. The number of rotatable bonds is 5. The summed E-state index contributed by atoms with van der Waals surface area (Å²) in [6.45, 7) is 1.95. The third-order valence-electron chi connectivity index (χ3n) is 4.46. The largest absolute Gasteiger partial charge is 0.337 e. The SMILES string of the molecule is CC1C=C(S(=O)(=O)Nc2nc3ccccc3nc2Nc2ccc(F)cc2)C=CC1. The fourth-order valence-electron chi connectivity index (χ4n) is 3.00. The first-order chi connectivity index (χ1) is 13.9. The zero-order valence-corrected chi connectivity index (χ0v) is 16.4. The Kier molecular flexibility index (Phi) is 5.02. The van der Waals surface area contributed by atoms with E-state index in [1.807, 2.05) is 19.1 Å². The number of fused-ring (bicyclic) bond motifs is 1. The van der Waals surface area contributed by atoms with Crippen LogP contribution in [0.5, 0.6) is 0 Å². The third kappa shape index (κ3) is 4.27. The molecule has 1 atom stereocenters. The first-order valence-corrected chi connectivity index (χ1v) is 10.6. The second kappa shape index (κ2) is 7.63. The molecule has 1 unspecified atom stereocenters. The van der Waals surface area contributed by atoms with Gasteiger partial charge in [-0.25, -0.2) is 22.8 Å². The highest BCUT2D eigenvalue weighted by Gasteiger charge is 2.22. The number of hydrogen-bond donors (Lipinski definition) is 2. The molecule has 0 saturated heterocycles. The summed E-state index contributed by atoms with van der Waals surface area (Å²) in [7, 11) is -3.84. The van der Waals surface area contributed by atoms with E-state index < -0.39 is 10.0 Å². The van der Waals surface area contributed by atoms with Gasteiger partial charge in [0.05, 0.1) is 15.9 Å². The molecule has 1 aliphatic carbocycles. The van der Waals surface area contributed by atoms with E-state index in [9.17, 15) is 12.8 Å². The van der Waals surface area contributed by atoms with Crippen molar-refractivity contribution in [2.45, 2.75) is 13.3 Å². The molecule has 2 N–H and O–H groups in total. The van der Waals surface area contributed by atoms with Crippen LogP contribution in [0.3, 0.4) is 0 Å². The number of allylic oxidation sites excluding steroid dienone is 3. The predicted molar refractivity (Wildman–Crippen MR) is 113 cm³/mol. The summed E-state index contributed by atoms with van der Waals surface area (Å²) in [6.07, 6.45) is 5.93. The predicted octanol–water partition coefficient (Wildman–Crippen LogP) is 4.73. The molecular formula is C21H19FN4O2S. The van der Waals surface area contributed by atoms with Crippen molar-refractivity contribution in [3.8, 4) is 0 Å². The van der Waals surface area contributed by atoms with Crippen molar-refractivity contribution in [3.63, 3.8) is 0 Å². The van der Waals surface area contributed by atoms with Gasteiger partial charge in [-0.3, -0.25) is 4.72 Å². The summed E-state index contributed by atoms with van der Waals surface area (Å²) in [5.41, 5.74) is 1.71. The molecule has 0 spiro atoms. The van der Waals surface area contributed by atoms with Gasteiger partial charge in [0, 0.05) is 5.69 Å². The van der Waals surface area contributed by atoms with E-state index in [0.717, 1.165) is 6.42 Å². The number of anilines is 3. The fourth-order valence-corrected chi connectivity index (χ4v) is 4.20. The summed E-state index contributed by atoms with van der Waals surface area (Å²) < 4.78 is 41.6. The van der Waals surface area contributed by atoms with Crippen LogP contribution in [0.4, 0.5) is 21.7 Å². The van der Waals surface area contributed by atoms with Crippen LogP contribution < -0.4 is 10.0 Å². The molecule has 2 aromatic carbocycles. The van der Waals surface area contributed by atoms with Crippen LogP contribution in [-0.2, 0) is 10.0 Å². The molecule has 3 aromatic rings. The third-order valence-corrected chi connectivity index (χ3v) is 5.81. The summed E-state index contributed by atoms with van der Waals surface area (Å²) in [6, 6.07) is 12.8. The zero-order chi connectivity index (χ0) is 20.4. The second-order valence-corrected chi connectivity index (χ2v) is 8.51. The maximum atomic E-state index is 13.2. The van der Waals surface area contributed by atoms with E-state index in [0.29, 0.717) is 16.7 Å². The van der Waals surface area contributed by atoms with Crippen LogP contribution in [0.15, 0.2) is 71.7 Å². The van der Waals surface area contributed by atoms with Crippen LogP contribution in [0.25, 0.3) is 11.0 Å². The van der Waals surface area contributed by atoms with Crippen molar-refractivity contribution in [1.82, 2.24) is 9.97 Å². The minimum Gasteiger partial charge on any atom is -0.337 e. The van der Waals surface area contributed by atoms with Gasteiger partial charge >= 0.3 is 0 Å². The standard InChI is InChI=1S/C21H19FN4O2S/c1-14-5-4-6-17(13-14)29(27,28)26-21-20(23-16-11-9-15(22)10-12-16)24-18-7-2-3-8-19(18)25-21/h2-4,6-14H,5H2,1H3,(H,23,24)(H,25,26). The van der Waals surface area contributed by atoms with Crippen molar-refractivity contribution >= 4 is 38.4 Å². The van der Waals surface area contributed by atoms with Crippen LogP contribution in [0.2, 0.25) is 0 Å². The Balaban J connectivity index is 1.75. The van der Waals surface area contributed by atoms with Gasteiger partial charge in [0.2, 0.25) is 0 Å². The molecule has 1 heterocycles. The van der Waals surface area contributed by atoms with Gasteiger partial charge in [-0.15, -0.1) is 0 Å². The number of hydrogen-bond acceptors (Lipinski definition) is 5. The highest BCUT2D eigenvalue weighted by atomic mass is 32.2. The minimum absolute atomic E-state index is 0.0700. The van der Waals surface area contributed by atoms with Crippen molar-refractivity contribution in [2.75, 3.05) is 10.0 Å². The van der Waals surface area contributed by atoms with Gasteiger partial charge in [-0.2, -0.15) is 0 Å². The number of benzene rings is 2. The van der Waals surface area contributed by atoms with E-state index in [1.165, 1.54) is 12.1 Å². The van der Waals surface area contributed by atoms with Crippen LogP contribution in [0.1, 0.15) is 13.3 Å². The topological polar surface area (TPSA) is 84.0 Å². The summed E-state index contributed by atoms with van der Waals surface area (Å²) in [4.78, 5) is 9.15. The molecule has 1 aliphatic rings. The van der Waals surface area contributed by atoms with Crippen LogP contribution in [-0.4, -0.2) is 18.4 Å². The molecule has 29 heavy (non-hydrogen) atoms. The van der Waals surface area contributed by atoms with Gasteiger partial charge in [0.1, 0.15) is 5.82 Å². The number of halogens is 1. The van der Waals surface area contributed by atoms with Gasteiger partial charge < -0.3 is 5.32 Å². The Bertz CT molecular complexity index is 1220. The number of para-hydroxylation sites is 2. The first-order valence-electron chi connectivity index (χ1n) is 9.11. The molecule has 4 rings (SSSR count). The highest BCUT2D eigenvalue weighted by Crippen LogP contribution is 2.28. The Morgan fingerprint density at radius 3 is 2.31 bits per heavy atom. The monoisotopic (exact) mass is 410 g/mol. The van der Waals surface area contributed by atoms with E-state index in [4.69, 9.17) is 0 Å². The minimum atomic E-state index is -3.84. The molecule has 0 amide bonds. The molecule has 0 bridgehead atoms. The van der Waals surface area contributed by atoms with Gasteiger partial charge in [0.15, 0.2) is 11.6 Å². The quantitative estimate of drug-likeness (QED) is 0.635. The molecule has 148 valence electrons. The summed E-state index contributed by atoms with van der Waals surface area (Å²) in [5, 5.41) is 3.02. The van der Waals surface area contributed by atoms with Crippen molar-refractivity contribution in [1.29, 1.82) is 0 Å². The number of nitrogens with zero attached hydrogens (tertiary/aromatic N) is 2. The normalized spacial score (nSPS) is 16.5. The zero-order valence-electron chi connectivity index (χ0n) is 15.6. The number of sulfonamides is 1. The average Bonchev–Trinajstić information content (AvgIpc) is 2.70. The Morgan fingerprint density at radius 2 is 1.66 bits per heavy atom. The molecule has 8 heteroatoms. The average molecular weight is 410 g/mol. The van der Waals surface area contributed by atoms with Crippen molar-refractivity contribution in [3.05, 3.63) is 77.5 Å². The first kappa shape index (κ1) is 19.1. The van der Waals surface area contributed by atoms with E-state index in [-0.39, 0.29) is 28.3 Å². The molecular weight excluding hydrogens is 391 g/mol. The van der Waals surface area contributed by atoms with E-state index >= 15 is 0 Å². The van der Waals surface area contributed by atoms with Crippen molar-refractivity contribution in [2.24, 2.45) is 5.92 Å². The Hall–Kier alpha value is -3.26. The van der Waals surface area contributed by atoms with Crippen molar-refractivity contribution < 1.29 is 12.8 Å². The van der Waals surface area contributed by atoms with Gasteiger partial charge in [-0.05, 0) is 54.8 Å². The lowest BCUT2D eigenvalue weighted by molar-refractivity contribution is 0.606. The maximum Gasteiger partial charge on any atom is 0.262 e. The Morgan fingerprint density at radius 1 is 1.00 bits per heavy atom.